The summed E-state index contributed by atoms with van der Waals surface area (Å²) in [5.74, 6) is -11.3. The molecule has 44 nitrogen and oxygen atoms in total. The van der Waals surface area contributed by atoms with Gasteiger partial charge in [-0.05, 0) is 114 Å². The number of thioether (sulfide) groups is 2. The third-order valence-corrected chi connectivity index (χ3v) is 10.2. The van der Waals surface area contributed by atoms with Crippen molar-refractivity contribution >= 4 is 158 Å². The van der Waals surface area contributed by atoms with E-state index in [0.717, 1.165) is 18.9 Å². The van der Waals surface area contributed by atoms with Gasteiger partial charge in [0.05, 0.1) is 33.3 Å². The number of carbonyl (C=O) groups excluding carboxylic acids is 13. The average molecular weight is 1730 g/mol. The van der Waals surface area contributed by atoms with Gasteiger partial charge in [-0.1, -0.05) is 72.5 Å². The molecule has 9 amide bonds. The number of likely N-dealkylation sites (N-methyl/N-ethyl adjacent to an activating group) is 5. The van der Waals surface area contributed by atoms with Gasteiger partial charge in [0.1, 0.15) is 42.0 Å². The number of guanidine groups is 4. The maximum atomic E-state index is 11.8. The van der Waals surface area contributed by atoms with Gasteiger partial charge in [0.25, 0.3) is 0 Å². The number of halogens is 1. The molecule has 50 heteroatoms. The van der Waals surface area contributed by atoms with Gasteiger partial charge < -0.3 is 95.2 Å². The number of rotatable bonds is 16. The molecule has 16 N–H and O–H groups in total. The van der Waals surface area contributed by atoms with Crippen LogP contribution in [0.3, 0.4) is 0 Å². The van der Waals surface area contributed by atoms with Crippen molar-refractivity contribution in [1.29, 1.82) is 16.2 Å². The maximum absolute atomic E-state index is 11.8. The predicted molar refractivity (Wildman–Crippen MR) is 417 cm³/mol. The molecule has 0 aliphatic heterocycles. The number of aliphatic imine (C=N–C) groups is 3. The van der Waals surface area contributed by atoms with Crippen molar-refractivity contribution in [3.8, 4) is 0 Å². The third-order valence-electron chi connectivity index (χ3n) is 8.83. The molecule has 0 fully saturated rings. The number of ether oxygens (including phenoxy) is 6. The molecule has 0 bridgehead atoms. The van der Waals surface area contributed by atoms with Crippen LogP contribution in [0.5, 0.6) is 0 Å². The van der Waals surface area contributed by atoms with Crippen LogP contribution in [0.1, 0.15) is 191 Å². The van der Waals surface area contributed by atoms with E-state index in [2.05, 4.69) is 45.7 Å². The molecule has 0 heterocycles. The molecule has 0 aliphatic rings. The van der Waals surface area contributed by atoms with Gasteiger partial charge >= 0.3 is 126 Å². The van der Waals surface area contributed by atoms with E-state index in [4.69, 9.17) is 77.6 Å². The van der Waals surface area contributed by atoms with E-state index < -0.39 is 185 Å². The molecule has 114 heavy (non-hydrogen) atoms. The third kappa shape index (κ3) is 105. The van der Waals surface area contributed by atoms with Crippen LogP contribution in [0.4, 0.5) is 19.2 Å². The Morgan fingerprint density at radius 1 is 0.474 bits per heavy atom. The average Bonchev–Trinajstić information content (AvgIpc) is 0.848. The molecule has 0 rings (SSSR count). The van der Waals surface area contributed by atoms with Gasteiger partial charge in [-0.3, -0.25) is 90.8 Å². The quantitative estimate of drug-likeness (QED) is 0.0171. The number of hydrogen-bond donors (Lipinski definition) is 12. The normalized spacial score (nSPS) is 12.4. The van der Waals surface area contributed by atoms with Gasteiger partial charge in [-0.2, -0.15) is 4.99 Å². The first kappa shape index (κ1) is 105. The number of nitrogens with zero attached hydrogens (tertiary/aromatic N) is 7. The van der Waals surface area contributed by atoms with E-state index in [9.17, 15) is 77.0 Å². The molecule has 0 aliphatic carbocycles. The Balaban J connectivity index is -0.0000000900. The number of amidine groups is 2. The van der Waals surface area contributed by atoms with Crippen LogP contribution in [0.2, 0.25) is 0 Å². The number of aliphatic carboxylic acids is 3. The van der Waals surface area contributed by atoms with Crippen LogP contribution in [0, 0.1) is 16.2 Å². The van der Waals surface area contributed by atoms with E-state index in [1.165, 1.54) is 46.6 Å². The van der Waals surface area contributed by atoms with E-state index in [0.29, 0.717) is 27.5 Å². The fraction of sp³-hybridized carbons (Fsp3) is 0.672. The first-order valence-electron chi connectivity index (χ1n) is 38.4. The Morgan fingerprint density at radius 2 is 0.772 bits per heavy atom. The molecule has 0 aromatic rings. The van der Waals surface area contributed by atoms with Crippen molar-refractivity contribution < 1.29 is 231 Å². The van der Waals surface area contributed by atoms with Gasteiger partial charge in [0, 0.05) is 87.0 Å². The molecule has 0 atom stereocenters. The zero-order valence-electron chi connectivity index (χ0n) is 83.4. The number of esters is 2. The van der Waals surface area contributed by atoms with Crippen molar-refractivity contribution in [3.63, 3.8) is 0 Å². The Labute approximate surface area is 759 Å². The fourth-order valence-corrected chi connectivity index (χ4v) is 4.82. The number of methoxy groups -OCH3 is 2. The van der Waals surface area contributed by atoms with Crippen LogP contribution in [0.15, 0.2) is 15.0 Å². The number of nitrogens with one attached hydrogen (secondary N) is 10. The van der Waals surface area contributed by atoms with Crippen LogP contribution < -0.4 is 120 Å². The second kappa shape index (κ2) is 79.5. The summed E-state index contributed by atoms with van der Waals surface area (Å²) in [4.78, 5) is 177. The number of carbonyl (C=O) groups is 15. The van der Waals surface area contributed by atoms with Gasteiger partial charge in [0.15, 0.2) is 22.3 Å². The first-order chi connectivity index (χ1) is 54.8. The largest absolute Gasteiger partial charge is 1.00 e. The van der Waals surface area contributed by atoms with Gasteiger partial charge in [-0.25, -0.2) is 19.2 Å². The molecule has 0 saturated carbocycles. The monoisotopic (exact) mass is 1730 g/mol. The Bertz CT molecular complexity index is 3520. The van der Waals surface area contributed by atoms with Crippen molar-refractivity contribution in [2.24, 2.45) is 15.0 Å². The molecule has 648 valence electrons. The smallest absolute Gasteiger partial charge is 0.870 e. The van der Waals surface area contributed by atoms with Gasteiger partial charge in [-0.15, -0.1) is 9.98 Å². The van der Waals surface area contributed by atoms with Crippen LogP contribution in [-0.4, -0.2) is 286 Å². The molecule has 0 aromatic heterocycles. The Hall–Kier alpha value is -7.30. The summed E-state index contributed by atoms with van der Waals surface area (Å²) in [6.07, 6.45) is 0.795. The minimum atomic E-state index is -2.93. The van der Waals surface area contributed by atoms with Crippen LogP contribution in [0.25, 0.3) is 0 Å². The molecular formula is C64H123ClLiN17Na2O27S2. The number of carboxylic acid groups (broad SMARTS) is 3. The zero-order valence-corrected chi connectivity index (χ0v) is 74.8. The summed E-state index contributed by atoms with van der Waals surface area (Å²) in [7, 11) is 2.28. The number of hydrogen-bond acceptors (Lipinski definition) is 30. The van der Waals surface area contributed by atoms with Crippen LogP contribution in [-0.2, 0) is 81.2 Å². The van der Waals surface area contributed by atoms with E-state index in [-0.39, 0.29) is 160 Å². The molecule has 0 saturated heterocycles. The SMILES string of the molecule is C.CCC(=O)Cl.CCC(=O)NC(=NC(=O)OC(C)(C)C)SC.CSC(=N)NC(=O)OC(C)(C)C.O.[2H]C([2H])([2H])N(CC(=O)O)C(=N)NC(=O)CC.[2H]C([2H])([2H])N(CC(=O)O)C(=NC(=O)OC(C)(C)C)NC(=O)CC.[2H]C([2H])([2H])N(CC(=O)OC)C(=NC(=O)OC(C)(C)C)NC(=O)CC.[2H]C([2H])([2H])N(CC(=O)[O-])C(=N)NC(=O)CC.[2H]C([2H])([2H])NCC(=O)OC.[Li+].[Na+].[Na+].[OH-].[OH-]. The minimum absolute atomic E-state index is 0. The molecular weight excluding hydrogens is 1590 g/mol. The zero-order chi connectivity index (χ0) is 98.4. The van der Waals surface area contributed by atoms with Crippen molar-refractivity contribution in [3.05, 3.63) is 0 Å². The predicted octanol–water partition coefficient (Wildman–Crippen LogP) is -5.69. The summed E-state index contributed by atoms with van der Waals surface area (Å²) >= 11 is 7.16. The second-order valence-electron chi connectivity index (χ2n) is 23.0. The maximum Gasteiger partial charge on any atom is 1.00 e. The molecule has 0 aromatic carbocycles. The van der Waals surface area contributed by atoms with E-state index in [1.807, 2.05) is 16.0 Å². The Morgan fingerprint density at radius 3 is 1.04 bits per heavy atom. The standard InChI is InChI=1S/C13H23N3O5.C12H21N3O5.C10H18N2O3S.2C7H13N3O3.C7H14N2O2S.C4H9NO2.C3H5ClO.CH4.Li.2Na.3H2O/c1-7-9(17)14-11(16(5)8-10(18)20-6)15-12(19)21-13(2,3)4;1-6-8(16)13-10(15(5)7-9(17)18)14-11(19)20-12(2,3)4;1-6-7(13)11-8(16-5)12-9(14)15-10(2,3)4;2*1-3-5(11)9-7(8)10(2)4-6(12)13;1-7(2,3)11-6(10)9-5(8)12-4;1-5-3-4(6)7-2;1-2-3(4)5;;;;;;;/h7-8H2,1-6H3,(H,14,15,17,19);6-7H2,1-5H3,(H,17,18)(H,13,14,16,19);6H2,1-5H3,(H,11,12,13,14);2*3-4H2,1-2H3,(H,12,13)(H2,8,9,11);1-4H3,(H2,8,9,10);5H,3H2,1-2H3;2H2,1H3;1H4;;;;3*1H2/q;;;;;;;;;3*+1;;;/p-3/i2*5D3;;2*2D3;;1D3;;;;;;;;. The summed E-state index contributed by atoms with van der Waals surface area (Å²) in [5, 5.41) is 64.4. The summed E-state index contributed by atoms with van der Waals surface area (Å²) in [6, 6.07) is 0. The van der Waals surface area contributed by atoms with Crippen molar-refractivity contribution in [2.45, 2.75) is 193 Å². The number of alkyl carbamates (subject to hydrolysis) is 1. The molecule has 0 spiro atoms. The molecule has 0 unspecified atom stereocenters. The Kier molecular flexibility index (Phi) is 73.0. The number of amides is 9. The summed E-state index contributed by atoms with van der Waals surface area (Å²) in [6.45, 7) is 12.1. The second-order valence-corrected chi connectivity index (χ2v) is 25.1. The first-order valence-corrected chi connectivity index (χ1v) is 33.7. The molecule has 0 radical (unpaired) electrons. The fourth-order valence-electron chi connectivity index (χ4n) is 4.25. The van der Waals surface area contributed by atoms with E-state index >= 15 is 0 Å². The number of carboxylic acids is 3. The van der Waals surface area contributed by atoms with Gasteiger partial charge in [0.2, 0.25) is 46.7 Å². The topological polar surface area (TPSA) is 672 Å². The van der Waals surface area contributed by atoms with Crippen molar-refractivity contribution in [2.75, 3.05) is 94.3 Å². The van der Waals surface area contributed by atoms with Crippen molar-refractivity contribution in [1.82, 2.24) is 56.8 Å². The summed E-state index contributed by atoms with van der Waals surface area (Å²) in [5.41, 5.74) is -2.85. The summed E-state index contributed by atoms with van der Waals surface area (Å²) < 4.78 is 135. The van der Waals surface area contributed by atoms with E-state index in [1.54, 1.807) is 109 Å². The van der Waals surface area contributed by atoms with Crippen LogP contribution >= 0.6 is 35.1 Å². The minimum Gasteiger partial charge on any atom is -0.870 e.